The Morgan fingerprint density at radius 3 is 1.75 bits per heavy atom. The summed E-state index contributed by atoms with van der Waals surface area (Å²) in [5.74, 6) is -1.83. The molecule has 11 nitrogen and oxygen atoms in total. The van der Waals surface area contributed by atoms with Gasteiger partial charge in [-0.15, -0.1) is 0 Å². The minimum Gasteiger partial charge on any atom is -0.497 e. The molecule has 0 radical (unpaired) electrons. The van der Waals surface area contributed by atoms with Crippen molar-refractivity contribution in [3.8, 4) is 11.5 Å². The Kier molecular flexibility index (Phi) is 8.82. The summed E-state index contributed by atoms with van der Waals surface area (Å²) in [6.07, 6.45) is -6.20. The van der Waals surface area contributed by atoms with Crippen LogP contribution in [0.4, 0.5) is 0 Å². The quantitative estimate of drug-likeness (QED) is 0.414. The van der Waals surface area contributed by atoms with Crippen molar-refractivity contribution in [2.45, 2.75) is 58.4 Å². The molecule has 0 aromatic heterocycles. The Balaban J connectivity index is 2.42. The first-order valence-corrected chi connectivity index (χ1v) is 9.72. The van der Waals surface area contributed by atoms with E-state index in [1.54, 1.807) is 24.3 Å². The van der Waals surface area contributed by atoms with Gasteiger partial charge in [-0.3, -0.25) is 19.2 Å². The maximum absolute atomic E-state index is 11.8. The fourth-order valence-corrected chi connectivity index (χ4v) is 3.07. The highest BCUT2D eigenvalue weighted by Crippen LogP contribution is 2.31. The molecular formula is C21H26O11. The molecule has 1 aromatic rings. The first-order valence-electron chi connectivity index (χ1n) is 9.72. The number of rotatable bonds is 8. The smallest absolute Gasteiger partial charge is 0.303 e. The second-order valence-electron chi connectivity index (χ2n) is 6.86. The number of benzene rings is 1. The second-order valence-corrected chi connectivity index (χ2v) is 6.86. The van der Waals surface area contributed by atoms with E-state index in [-0.39, 0.29) is 6.61 Å². The molecule has 0 saturated carbocycles. The SMILES string of the molecule is COc1ccc(O[C@@H]2O[C@@H](COC(C)=O)[C@@H](OC(C)=O)[C@H](OC(C)=O)[C@@H]2OC(C)=O)cc1. The molecule has 1 heterocycles. The van der Waals surface area contributed by atoms with Gasteiger partial charge in [-0.25, -0.2) is 0 Å². The molecule has 1 aliphatic heterocycles. The average Bonchev–Trinajstić information content (AvgIpc) is 2.70. The maximum Gasteiger partial charge on any atom is 0.303 e. The van der Waals surface area contributed by atoms with Crippen LogP contribution in [0.15, 0.2) is 24.3 Å². The van der Waals surface area contributed by atoms with Crippen LogP contribution in [0.3, 0.4) is 0 Å². The van der Waals surface area contributed by atoms with Gasteiger partial charge in [0.2, 0.25) is 12.4 Å². The molecule has 11 heteroatoms. The van der Waals surface area contributed by atoms with Crippen molar-refractivity contribution in [1.82, 2.24) is 0 Å². The lowest BCUT2D eigenvalue weighted by Gasteiger charge is -2.43. The summed E-state index contributed by atoms with van der Waals surface area (Å²) in [5, 5.41) is 0. The van der Waals surface area contributed by atoms with Gasteiger partial charge in [-0.05, 0) is 24.3 Å². The summed E-state index contributed by atoms with van der Waals surface area (Å²) >= 11 is 0. The van der Waals surface area contributed by atoms with Gasteiger partial charge in [0.1, 0.15) is 24.2 Å². The lowest BCUT2D eigenvalue weighted by molar-refractivity contribution is -0.288. The monoisotopic (exact) mass is 454 g/mol. The number of carbonyl (C=O) groups is 4. The number of methoxy groups -OCH3 is 1. The third-order valence-corrected chi connectivity index (χ3v) is 4.26. The Hall–Kier alpha value is -3.34. The molecule has 0 unspecified atom stereocenters. The summed E-state index contributed by atoms with van der Waals surface area (Å²) in [6.45, 7) is 4.31. The highest BCUT2D eigenvalue weighted by atomic mass is 16.7. The van der Waals surface area contributed by atoms with Crippen LogP contribution in [-0.4, -0.2) is 68.3 Å². The molecule has 0 bridgehead atoms. The number of hydrogen-bond donors (Lipinski definition) is 0. The van der Waals surface area contributed by atoms with E-state index in [2.05, 4.69) is 0 Å². The average molecular weight is 454 g/mol. The van der Waals surface area contributed by atoms with E-state index >= 15 is 0 Å². The Morgan fingerprint density at radius 2 is 1.25 bits per heavy atom. The molecule has 0 N–H and O–H groups in total. The molecule has 176 valence electrons. The van der Waals surface area contributed by atoms with E-state index in [9.17, 15) is 19.2 Å². The maximum atomic E-state index is 11.8. The first-order chi connectivity index (χ1) is 15.1. The van der Waals surface area contributed by atoms with Crippen LogP contribution < -0.4 is 9.47 Å². The molecule has 32 heavy (non-hydrogen) atoms. The van der Waals surface area contributed by atoms with Gasteiger partial charge in [-0.1, -0.05) is 0 Å². The number of hydrogen-bond acceptors (Lipinski definition) is 11. The number of carbonyl (C=O) groups excluding carboxylic acids is 4. The normalized spacial score (nSPS) is 24.6. The van der Waals surface area contributed by atoms with Crippen molar-refractivity contribution in [2.24, 2.45) is 0 Å². The minimum atomic E-state index is -1.29. The molecule has 1 aliphatic rings. The molecule has 1 fully saturated rings. The largest absolute Gasteiger partial charge is 0.497 e. The van der Waals surface area contributed by atoms with E-state index < -0.39 is 54.6 Å². The van der Waals surface area contributed by atoms with Gasteiger partial charge in [-0.2, -0.15) is 0 Å². The van der Waals surface area contributed by atoms with Gasteiger partial charge in [0.05, 0.1) is 7.11 Å². The van der Waals surface area contributed by atoms with Crippen molar-refractivity contribution in [3.63, 3.8) is 0 Å². The van der Waals surface area contributed by atoms with E-state index in [1.807, 2.05) is 0 Å². The van der Waals surface area contributed by atoms with Crippen LogP contribution in [0.2, 0.25) is 0 Å². The molecule has 0 amide bonds. The molecule has 1 aromatic carbocycles. The lowest BCUT2D eigenvalue weighted by Crippen LogP contribution is -2.63. The molecule has 0 aliphatic carbocycles. The Labute approximate surface area is 184 Å². The van der Waals surface area contributed by atoms with Crippen molar-refractivity contribution >= 4 is 23.9 Å². The zero-order chi connectivity index (χ0) is 23.8. The molecule has 1 saturated heterocycles. The van der Waals surface area contributed by atoms with E-state index in [0.717, 1.165) is 20.8 Å². The third-order valence-electron chi connectivity index (χ3n) is 4.26. The summed E-state index contributed by atoms with van der Waals surface area (Å²) in [4.78, 5) is 46.6. The molecular weight excluding hydrogens is 428 g/mol. The second kappa shape index (κ2) is 11.3. The van der Waals surface area contributed by atoms with Crippen LogP contribution in [0.25, 0.3) is 0 Å². The van der Waals surface area contributed by atoms with Gasteiger partial charge in [0.25, 0.3) is 0 Å². The predicted molar refractivity (Wildman–Crippen MR) is 106 cm³/mol. The zero-order valence-corrected chi connectivity index (χ0v) is 18.4. The van der Waals surface area contributed by atoms with E-state index in [4.69, 9.17) is 33.2 Å². The van der Waals surface area contributed by atoms with Gasteiger partial charge in [0.15, 0.2) is 12.2 Å². The molecule has 5 atom stereocenters. The fourth-order valence-electron chi connectivity index (χ4n) is 3.07. The number of esters is 4. The van der Waals surface area contributed by atoms with Crippen molar-refractivity contribution in [1.29, 1.82) is 0 Å². The standard InChI is InChI=1S/C21H26O11/c1-11(22)27-10-17-18(28-12(2)23)19(29-13(3)24)20(30-14(4)25)21(32-17)31-16-8-6-15(26-5)7-9-16/h6-9,17-21H,10H2,1-5H3/t17-,18+,19-,20-,21+/m0/s1. The summed E-state index contributed by atoms with van der Waals surface area (Å²) < 4.78 is 37.8. The van der Waals surface area contributed by atoms with E-state index in [0.29, 0.717) is 11.5 Å². The molecule has 0 spiro atoms. The van der Waals surface area contributed by atoms with Gasteiger partial charge < -0.3 is 33.2 Å². The summed E-state index contributed by atoms with van der Waals surface area (Å²) in [5.41, 5.74) is 0. The van der Waals surface area contributed by atoms with Crippen LogP contribution in [0.1, 0.15) is 27.7 Å². The summed E-state index contributed by atoms with van der Waals surface area (Å²) in [7, 11) is 1.51. The predicted octanol–water partition coefficient (Wildman–Crippen LogP) is 1.16. The van der Waals surface area contributed by atoms with Crippen LogP contribution in [0.5, 0.6) is 11.5 Å². The minimum absolute atomic E-state index is 0.326. The summed E-state index contributed by atoms with van der Waals surface area (Å²) in [6, 6.07) is 6.46. The third kappa shape index (κ3) is 7.12. The van der Waals surface area contributed by atoms with E-state index in [1.165, 1.54) is 14.0 Å². The van der Waals surface area contributed by atoms with Crippen LogP contribution in [0, 0.1) is 0 Å². The highest BCUT2D eigenvalue weighted by Gasteiger charge is 2.53. The topological polar surface area (TPSA) is 133 Å². The zero-order valence-electron chi connectivity index (χ0n) is 18.4. The van der Waals surface area contributed by atoms with Gasteiger partial charge >= 0.3 is 23.9 Å². The molecule has 2 rings (SSSR count). The van der Waals surface area contributed by atoms with Gasteiger partial charge in [0, 0.05) is 27.7 Å². The van der Waals surface area contributed by atoms with Crippen LogP contribution >= 0.6 is 0 Å². The lowest BCUT2D eigenvalue weighted by atomic mass is 9.98. The number of ether oxygens (including phenoxy) is 7. The highest BCUT2D eigenvalue weighted by molar-refractivity contribution is 5.68. The Bertz CT molecular complexity index is 820. The van der Waals surface area contributed by atoms with Crippen molar-refractivity contribution < 1.29 is 52.3 Å². The van der Waals surface area contributed by atoms with Crippen molar-refractivity contribution in [2.75, 3.05) is 13.7 Å². The Morgan fingerprint density at radius 1 is 0.750 bits per heavy atom. The van der Waals surface area contributed by atoms with Crippen molar-refractivity contribution in [3.05, 3.63) is 24.3 Å². The van der Waals surface area contributed by atoms with Crippen LogP contribution in [-0.2, 0) is 42.9 Å². The first kappa shape index (κ1) is 24.9. The fraction of sp³-hybridized carbons (Fsp3) is 0.524.